The van der Waals surface area contributed by atoms with Crippen molar-refractivity contribution < 1.29 is 23.8 Å². The number of fused-ring (bicyclic) bond motifs is 3. The van der Waals surface area contributed by atoms with Gasteiger partial charge in [0.1, 0.15) is 11.6 Å². The molecule has 0 aliphatic rings. The molecule has 0 saturated heterocycles. The number of carbonyl (C=O) groups is 1. The number of nitrogens with zero attached hydrogens (tertiary/aromatic N) is 1. The lowest BCUT2D eigenvalue weighted by atomic mass is 10.1. The summed E-state index contributed by atoms with van der Waals surface area (Å²) >= 11 is 0. The van der Waals surface area contributed by atoms with Gasteiger partial charge in [-0.05, 0) is 43.3 Å². The van der Waals surface area contributed by atoms with Gasteiger partial charge in [0.05, 0.1) is 12.6 Å². The fourth-order valence-corrected chi connectivity index (χ4v) is 3.25. The van der Waals surface area contributed by atoms with E-state index >= 15 is 0 Å². The number of halogens is 2. The molecule has 144 valence electrons. The summed E-state index contributed by atoms with van der Waals surface area (Å²) in [6.45, 7) is 2.55. The average molecular weight is 377 g/mol. The van der Waals surface area contributed by atoms with Crippen LogP contribution in [0.1, 0.15) is 6.92 Å². The maximum atomic E-state index is 13.7. The van der Waals surface area contributed by atoms with Crippen LogP contribution < -0.4 is 10.6 Å². The maximum absolute atomic E-state index is 13.7. The predicted octanol–water partition coefficient (Wildman–Crippen LogP) is 2.68. The van der Waals surface area contributed by atoms with Gasteiger partial charge in [-0.1, -0.05) is 0 Å². The summed E-state index contributed by atoms with van der Waals surface area (Å²) in [4.78, 5) is 10.6. The summed E-state index contributed by atoms with van der Waals surface area (Å²) in [5, 5.41) is 25.5. The van der Waals surface area contributed by atoms with Crippen LogP contribution in [0.2, 0.25) is 0 Å². The molecular weight excluding hydrogens is 356 g/mol. The summed E-state index contributed by atoms with van der Waals surface area (Å²) in [6, 6.07) is 8.31. The Hall–Kier alpha value is -2.71. The van der Waals surface area contributed by atoms with Gasteiger partial charge < -0.3 is 25.4 Å². The van der Waals surface area contributed by atoms with E-state index in [0.29, 0.717) is 28.4 Å². The molecule has 0 radical (unpaired) electrons. The van der Waals surface area contributed by atoms with E-state index in [1.165, 1.54) is 24.3 Å². The lowest BCUT2D eigenvalue weighted by Gasteiger charge is -2.17. The number of amides is 1. The van der Waals surface area contributed by atoms with E-state index < -0.39 is 23.8 Å². The molecule has 2 atom stereocenters. The molecule has 0 bridgehead atoms. The summed E-state index contributed by atoms with van der Waals surface area (Å²) in [5.41, 5.74) is 1.41. The number of nitrogens with one attached hydrogen (secondary N) is 2. The first-order valence-corrected chi connectivity index (χ1v) is 8.60. The van der Waals surface area contributed by atoms with E-state index in [2.05, 4.69) is 10.6 Å². The first-order chi connectivity index (χ1) is 12.8. The van der Waals surface area contributed by atoms with E-state index in [4.69, 9.17) is 5.11 Å². The Morgan fingerprint density at radius 3 is 2.15 bits per heavy atom. The molecule has 1 aromatic heterocycles. The number of benzene rings is 2. The lowest BCUT2D eigenvalue weighted by molar-refractivity contribution is 0.153. The second-order valence-corrected chi connectivity index (χ2v) is 6.60. The Morgan fingerprint density at radius 1 is 1.07 bits per heavy atom. The highest BCUT2D eigenvalue weighted by atomic mass is 19.1. The van der Waals surface area contributed by atoms with Gasteiger partial charge in [0.2, 0.25) is 0 Å². The molecule has 3 rings (SSSR count). The number of carboxylic acid groups (broad SMARTS) is 1. The molecule has 3 aromatic rings. The van der Waals surface area contributed by atoms with Crippen LogP contribution in [0.4, 0.5) is 13.6 Å². The van der Waals surface area contributed by atoms with Crippen molar-refractivity contribution in [2.24, 2.45) is 0 Å². The molecule has 1 heterocycles. The molecule has 0 aliphatic carbocycles. The Balaban J connectivity index is 1.78. The zero-order chi connectivity index (χ0) is 19.6. The van der Waals surface area contributed by atoms with Crippen LogP contribution in [0, 0.1) is 11.6 Å². The molecule has 0 spiro atoms. The second-order valence-electron chi connectivity index (χ2n) is 6.60. The quantitative estimate of drug-likeness (QED) is 0.510. The third kappa shape index (κ3) is 4.35. The van der Waals surface area contributed by atoms with Crippen molar-refractivity contribution in [3.63, 3.8) is 0 Å². The number of aliphatic hydroxyl groups is 1. The summed E-state index contributed by atoms with van der Waals surface area (Å²) in [7, 11) is 0. The SMILES string of the molecule is C[C@@H](CNC[C@H](O)Cn1c2ccc(F)cc2c2cc(F)ccc21)NC(=O)O. The predicted molar refractivity (Wildman–Crippen MR) is 98.9 cm³/mol. The summed E-state index contributed by atoms with van der Waals surface area (Å²) < 4.78 is 29.1. The van der Waals surface area contributed by atoms with Gasteiger partial charge in [-0.15, -0.1) is 0 Å². The van der Waals surface area contributed by atoms with E-state index in [-0.39, 0.29) is 19.1 Å². The third-order valence-corrected chi connectivity index (χ3v) is 4.38. The van der Waals surface area contributed by atoms with Crippen molar-refractivity contribution in [2.45, 2.75) is 25.6 Å². The topological polar surface area (TPSA) is 86.5 Å². The van der Waals surface area contributed by atoms with E-state index in [9.17, 15) is 18.7 Å². The van der Waals surface area contributed by atoms with Gasteiger partial charge >= 0.3 is 6.09 Å². The monoisotopic (exact) mass is 377 g/mol. The Morgan fingerprint density at radius 2 is 1.63 bits per heavy atom. The minimum absolute atomic E-state index is 0.227. The Kier molecular flexibility index (Phi) is 5.57. The van der Waals surface area contributed by atoms with Crippen molar-refractivity contribution in [3.8, 4) is 0 Å². The minimum atomic E-state index is -1.10. The zero-order valence-corrected chi connectivity index (χ0v) is 14.7. The van der Waals surface area contributed by atoms with Crippen LogP contribution in [0.5, 0.6) is 0 Å². The standard InChI is InChI=1S/C19H21F2N3O3/c1-11(23-19(26)27)8-22-9-14(25)10-24-17-4-2-12(20)6-15(17)16-7-13(21)3-5-18(16)24/h2-7,11,14,22-23,25H,8-10H2,1H3,(H,26,27)/t11-,14-/m0/s1. The van der Waals surface area contributed by atoms with E-state index in [1.54, 1.807) is 19.1 Å². The van der Waals surface area contributed by atoms with Gasteiger partial charge in [0.15, 0.2) is 0 Å². The number of hydrogen-bond donors (Lipinski definition) is 4. The highest BCUT2D eigenvalue weighted by Crippen LogP contribution is 2.30. The number of aliphatic hydroxyl groups excluding tert-OH is 1. The van der Waals surface area contributed by atoms with Crippen molar-refractivity contribution in [3.05, 3.63) is 48.0 Å². The van der Waals surface area contributed by atoms with Gasteiger partial charge in [-0.2, -0.15) is 0 Å². The van der Waals surface area contributed by atoms with Crippen LogP contribution in [-0.2, 0) is 6.54 Å². The van der Waals surface area contributed by atoms with Gasteiger partial charge in [0, 0.05) is 40.9 Å². The number of aromatic nitrogens is 1. The molecule has 2 aromatic carbocycles. The highest BCUT2D eigenvalue weighted by molar-refractivity contribution is 6.08. The normalized spacial score (nSPS) is 13.8. The Labute approximate surface area is 154 Å². The second kappa shape index (κ2) is 7.89. The van der Waals surface area contributed by atoms with Crippen LogP contribution in [0.25, 0.3) is 21.8 Å². The molecule has 1 amide bonds. The van der Waals surface area contributed by atoms with Gasteiger partial charge in [-0.25, -0.2) is 13.6 Å². The summed E-state index contributed by atoms with van der Waals surface area (Å²) in [5.74, 6) is -0.819. The first-order valence-electron chi connectivity index (χ1n) is 8.60. The molecule has 0 saturated carbocycles. The highest BCUT2D eigenvalue weighted by Gasteiger charge is 2.15. The van der Waals surface area contributed by atoms with Crippen molar-refractivity contribution in [2.75, 3.05) is 13.1 Å². The van der Waals surface area contributed by atoms with Crippen LogP contribution >= 0.6 is 0 Å². The largest absolute Gasteiger partial charge is 0.465 e. The minimum Gasteiger partial charge on any atom is -0.465 e. The van der Waals surface area contributed by atoms with E-state index in [1.807, 2.05) is 4.57 Å². The molecule has 0 unspecified atom stereocenters. The molecule has 0 fully saturated rings. The molecule has 4 N–H and O–H groups in total. The third-order valence-electron chi connectivity index (χ3n) is 4.38. The summed E-state index contributed by atoms with van der Waals surface area (Å²) in [6.07, 6.45) is -1.87. The number of hydrogen-bond acceptors (Lipinski definition) is 3. The van der Waals surface area contributed by atoms with Crippen molar-refractivity contribution in [1.29, 1.82) is 0 Å². The average Bonchev–Trinajstić information content (AvgIpc) is 2.87. The van der Waals surface area contributed by atoms with Gasteiger partial charge in [-0.3, -0.25) is 0 Å². The molecular formula is C19H21F2N3O3. The maximum Gasteiger partial charge on any atom is 0.404 e. The number of rotatable bonds is 7. The molecule has 27 heavy (non-hydrogen) atoms. The molecule has 6 nitrogen and oxygen atoms in total. The van der Waals surface area contributed by atoms with Gasteiger partial charge in [0.25, 0.3) is 0 Å². The fraction of sp³-hybridized carbons (Fsp3) is 0.316. The zero-order valence-electron chi connectivity index (χ0n) is 14.7. The Bertz CT molecular complexity index is 914. The van der Waals surface area contributed by atoms with Crippen molar-refractivity contribution >= 4 is 27.9 Å². The van der Waals surface area contributed by atoms with Crippen LogP contribution in [-0.4, -0.2) is 46.1 Å². The van der Waals surface area contributed by atoms with Crippen LogP contribution in [0.15, 0.2) is 36.4 Å². The smallest absolute Gasteiger partial charge is 0.404 e. The molecule has 8 heteroatoms. The van der Waals surface area contributed by atoms with E-state index in [0.717, 1.165) is 0 Å². The lowest BCUT2D eigenvalue weighted by Crippen LogP contribution is -2.41. The van der Waals surface area contributed by atoms with Crippen LogP contribution in [0.3, 0.4) is 0 Å². The fourth-order valence-electron chi connectivity index (χ4n) is 3.25. The van der Waals surface area contributed by atoms with Crippen molar-refractivity contribution in [1.82, 2.24) is 15.2 Å². The molecule has 0 aliphatic heterocycles. The first kappa shape index (κ1) is 19.1.